The average Bonchev–Trinajstić information content (AvgIpc) is 2.32. The molecule has 0 radical (unpaired) electrons. The molecule has 0 aliphatic heterocycles. The van der Waals surface area contributed by atoms with Crippen molar-refractivity contribution in [1.29, 1.82) is 0 Å². The summed E-state index contributed by atoms with van der Waals surface area (Å²) < 4.78 is 34.8. The molecule has 126 valence electrons. The first kappa shape index (κ1) is 22.0. The number of hydrogen-bond donors (Lipinski definition) is 0. The Labute approximate surface area is 142 Å². The third kappa shape index (κ3) is 12.1. The summed E-state index contributed by atoms with van der Waals surface area (Å²) in [6.07, 6.45) is 0. The van der Waals surface area contributed by atoms with E-state index in [1.807, 2.05) is 0 Å². The van der Waals surface area contributed by atoms with Gasteiger partial charge < -0.3 is 24.7 Å². The monoisotopic (exact) mass is 418 g/mol. The van der Waals surface area contributed by atoms with E-state index in [2.05, 4.69) is 45.9 Å². The van der Waals surface area contributed by atoms with Gasteiger partial charge in [-0.2, -0.15) is 0 Å². The van der Waals surface area contributed by atoms with E-state index in [1.54, 1.807) is 5.70 Å². The maximum atomic E-state index is 5.96. The molecule has 13 heteroatoms. The lowest BCUT2D eigenvalue weighted by Gasteiger charge is -2.29. The highest BCUT2D eigenvalue weighted by Gasteiger charge is 2.31. The van der Waals surface area contributed by atoms with Gasteiger partial charge in [0.1, 0.15) is 21.0 Å². The van der Waals surface area contributed by atoms with Crippen molar-refractivity contribution < 1.29 is 24.7 Å². The Morgan fingerprint density at radius 3 is 1.33 bits per heavy atom. The van der Waals surface area contributed by atoms with Crippen LogP contribution in [-0.2, 0) is 24.7 Å². The van der Waals surface area contributed by atoms with Crippen molar-refractivity contribution in [3.05, 3.63) is 12.3 Å². The maximum Gasteiger partial charge on any atom is 0.453 e. The van der Waals surface area contributed by atoms with Crippen molar-refractivity contribution in [2.75, 3.05) is 0 Å². The van der Waals surface area contributed by atoms with Crippen molar-refractivity contribution in [2.45, 2.75) is 39.3 Å². The van der Waals surface area contributed by atoms with Crippen LogP contribution in [0, 0.1) is 0 Å². The van der Waals surface area contributed by atoms with E-state index < -0.39 is 45.0 Å². The minimum Gasteiger partial charge on any atom is -0.428 e. The van der Waals surface area contributed by atoms with Gasteiger partial charge in [-0.15, -0.1) is 6.58 Å². The molecule has 0 aliphatic rings. The quantitative estimate of drug-likeness (QED) is 0.389. The molecule has 0 saturated carbocycles. The van der Waals surface area contributed by atoms with Gasteiger partial charge in [-0.05, 0) is 39.3 Å². The van der Waals surface area contributed by atoms with E-state index >= 15 is 0 Å². The fourth-order valence-electron chi connectivity index (χ4n) is 1.20. The van der Waals surface area contributed by atoms with Gasteiger partial charge in [0, 0.05) is 0 Å². The smallest absolute Gasteiger partial charge is 0.428 e. The molecule has 6 nitrogen and oxygen atoms in total. The molecule has 0 saturated heterocycles. The summed E-state index contributed by atoms with van der Waals surface area (Å²) in [5.41, 5.74) is 1.74. The number of hydrogen-bond acceptors (Lipinski definition) is 6. The Balaban J connectivity index is 4.57. The average molecular weight is 419 g/mol. The van der Waals surface area contributed by atoms with Gasteiger partial charge >= 0.3 is 28.3 Å². The molecule has 0 rings (SSSR count). The van der Waals surface area contributed by atoms with Gasteiger partial charge in [-0.3, -0.25) is 0 Å². The summed E-state index contributed by atoms with van der Waals surface area (Å²) in [6, 6.07) is 0. The van der Waals surface area contributed by atoms with E-state index in [4.69, 9.17) is 24.7 Å². The summed E-state index contributed by atoms with van der Waals surface area (Å²) in [5, 5.41) is 0. The molecule has 0 bridgehead atoms. The molecule has 0 aromatic rings. The summed E-state index contributed by atoms with van der Waals surface area (Å²) in [5.74, 6) is 0. The fraction of sp³-hybridized carbons (Fsp3) is 0.750. The van der Waals surface area contributed by atoms with Crippen LogP contribution < -0.4 is 0 Å². The Kier molecular flexibility index (Phi) is 10.5. The normalized spacial score (nSPS) is 17.6. The van der Waals surface area contributed by atoms with E-state index in [0.717, 1.165) is 0 Å². The van der Waals surface area contributed by atoms with Crippen LogP contribution in [0.25, 0.3) is 0 Å². The lowest BCUT2D eigenvalue weighted by atomic mass is 11.3. The Morgan fingerprint density at radius 1 is 0.810 bits per heavy atom. The molecule has 0 spiro atoms. The molecule has 2 atom stereocenters. The zero-order valence-corrected chi connectivity index (χ0v) is 23.9. The van der Waals surface area contributed by atoms with Crippen LogP contribution >= 0.6 is 0 Å². The van der Waals surface area contributed by atoms with Gasteiger partial charge in [-0.25, -0.2) is 0 Å². The second-order valence-electron chi connectivity index (χ2n) is 6.39. The first-order valence-corrected chi connectivity index (χ1v) is 19.7. The highest BCUT2D eigenvalue weighted by molar-refractivity contribution is 6.79. The maximum absolute atomic E-state index is 5.96. The molecule has 0 aromatic carbocycles. The van der Waals surface area contributed by atoms with Crippen LogP contribution in [0.4, 0.5) is 0 Å². The van der Waals surface area contributed by atoms with Gasteiger partial charge in [-0.1, -0.05) is 5.70 Å². The Hall–Kier alpha value is 1.02. The summed E-state index contributed by atoms with van der Waals surface area (Å²) in [6.45, 7) is 16.5. The van der Waals surface area contributed by atoms with E-state index in [0.29, 0.717) is 21.0 Å². The highest BCUT2D eigenvalue weighted by atomic mass is 28.5. The molecule has 0 aromatic heterocycles. The highest BCUT2D eigenvalue weighted by Crippen LogP contribution is 2.11. The van der Waals surface area contributed by atoms with Crippen molar-refractivity contribution in [3.63, 3.8) is 0 Å². The molecule has 2 unspecified atom stereocenters. The molecule has 0 heterocycles. The molecular weight excluding hydrogens is 389 g/mol. The standard InChI is InChI=1S/C8H30O6Si7/c1-8-17(11-18(9-15)13-20(2,3)4)12-19(10-16)14-21(5,6)7/h8,17-19H,1H2,2-7,15-16H3. The van der Waals surface area contributed by atoms with Crippen LogP contribution in [0.3, 0.4) is 0 Å². The predicted molar refractivity (Wildman–Crippen MR) is 105 cm³/mol. The Bertz CT molecular complexity index is 280. The summed E-state index contributed by atoms with van der Waals surface area (Å²) >= 11 is 0. The SMILES string of the molecule is C=C[SiH](O[SiH](O[SiH3])O[Si](C)(C)C)O[SiH](O[SiH3])O[Si](C)(C)C. The lowest BCUT2D eigenvalue weighted by Crippen LogP contribution is -2.46. The molecule has 21 heavy (non-hydrogen) atoms. The van der Waals surface area contributed by atoms with Crippen LogP contribution in [0.2, 0.25) is 39.3 Å². The molecule has 0 amide bonds. The van der Waals surface area contributed by atoms with Gasteiger partial charge in [0.25, 0.3) is 0 Å². The minimum atomic E-state index is -2.11. The summed E-state index contributed by atoms with van der Waals surface area (Å²) in [7, 11) is -8.46. The minimum absolute atomic E-state index is 0.596. The second kappa shape index (κ2) is 10.0. The van der Waals surface area contributed by atoms with Gasteiger partial charge in [0.2, 0.25) is 0 Å². The van der Waals surface area contributed by atoms with E-state index in [1.165, 1.54) is 0 Å². The second-order valence-corrected chi connectivity index (χ2v) is 25.0. The molecule has 0 aliphatic carbocycles. The zero-order chi connectivity index (χ0) is 16.7. The van der Waals surface area contributed by atoms with Crippen molar-refractivity contribution >= 4 is 65.9 Å². The molecule has 0 fully saturated rings. The van der Waals surface area contributed by atoms with E-state index in [-0.39, 0.29) is 0 Å². The predicted octanol–water partition coefficient (Wildman–Crippen LogP) is -1.30. The topological polar surface area (TPSA) is 55.4 Å². The fourth-order valence-corrected chi connectivity index (χ4v) is 16.1. The van der Waals surface area contributed by atoms with Crippen molar-refractivity contribution in [3.8, 4) is 0 Å². The first-order valence-electron chi connectivity index (χ1n) is 6.85. The Morgan fingerprint density at radius 2 is 1.14 bits per heavy atom. The summed E-state index contributed by atoms with van der Waals surface area (Å²) in [4.78, 5) is 0. The van der Waals surface area contributed by atoms with Crippen LogP contribution in [-0.4, -0.2) is 65.9 Å². The van der Waals surface area contributed by atoms with E-state index in [9.17, 15) is 0 Å². The molecule has 0 N–H and O–H groups in total. The third-order valence-corrected chi connectivity index (χ3v) is 16.6. The van der Waals surface area contributed by atoms with Gasteiger partial charge in [0.15, 0.2) is 16.6 Å². The van der Waals surface area contributed by atoms with Crippen molar-refractivity contribution in [2.24, 2.45) is 0 Å². The third-order valence-electron chi connectivity index (χ3n) is 1.97. The van der Waals surface area contributed by atoms with Crippen molar-refractivity contribution in [1.82, 2.24) is 0 Å². The number of rotatable bonds is 11. The van der Waals surface area contributed by atoms with Crippen LogP contribution in [0.1, 0.15) is 0 Å². The molecular formula is C8H30O6Si7. The van der Waals surface area contributed by atoms with Crippen LogP contribution in [0.15, 0.2) is 12.3 Å². The lowest BCUT2D eigenvalue weighted by molar-refractivity contribution is 0.260. The largest absolute Gasteiger partial charge is 0.453 e. The van der Waals surface area contributed by atoms with Gasteiger partial charge in [0.05, 0.1) is 0 Å². The van der Waals surface area contributed by atoms with Crippen LogP contribution in [0.5, 0.6) is 0 Å². The zero-order valence-electron chi connectivity index (χ0n) is 14.5. The first-order chi connectivity index (χ1) is 9.50.